The average molecular weight is 475 g/mol. The van der Waals surface area contributed by atoms with Gasteiger partial charge in [0.1, 0.15) is 0 Å². The summed E-state index contributed by atoms with van der Waals surface area (Å²) in [5.41, 5.74) is 5.89. The molecule has 0 saturated carbocycles. The molecule has 3 aromatic rings. The van der Waals surface area contributed by atoms with E-state index in [-0.39, 0.29) is 17.8 Å². The predicted octanol–water partition coefficient (Wildman–Crippen LogP) is 3.97. The van der Waals surface area contributed by atoms with Crippen LogP contribution in [0.5, 0.6) is 0 Å². The van der Waals surface area contributed by atoms with Crippen molar-refractivity contribution in [2.24, 2.45) is 0 Å². The van der Waals surface area contributed by atoms with Crippen LogP contribution in [0.4, 0.5) is 5.69 Å². The fraction of sp³-hybridized carbons (Fsp3) is 0.333. The molecule has 1 aliphatic heterocycles. The van der Waals surface area contributed by atoms with Gasteiger partial charge >= 0.3 is 5.97 Å². The van der Waals surface area contributed by atoms with Gasteiger partial charge in [-0.3, -0.25) is 14.4 Å². The van der Waals surface area contributed by atoms with E-state index >= 15 is 0 Å². The minimum atomic E-state index is -0.248. The second-order valence-corrected chi connectivity index (χ2v) is 8.76. The topological polar surface area (TPSA) is 93.5 Å². The van der Waals surface area contributed by atoms with E-state index in [4.69, 9.17) is 4.74 Å². The molecule has 2 heterocycles. The lowest BCUT2D eigenvalue weighted by Crippen LogP contribution is -2.23. The van der Waals surface area contributed by atoms with Crippen molar-refractivity contribution in [2.45, 2.75) is 46.1 Å². The summed E-state index contributed by atoms with van der Waals surface area (Å²) in [6, 6.07) is 14.8. The minimum absolute atomic E-state index is 0.178. The first-order valence-electron chi connectivity index (χ1n) is 11.8. The molecule has 8 heteroatoms. The molecular weight excluding hydrogens is 444 g/mol. The van der Waals surface area contributed by atoms with Gasteiger partial charge in [0.05, 0.1) is 18.5 Å². The van der Waals surface area contributed by atoms with Crippen LogP contribution in [-0.2, 0) is 27.3 Å². The lowest BCUT2D eigenvalue weighted by molar-refractivity contribution is -0.140. The number of benzene rings is 2. The number of carbonyl (C=O) groups excluding carboxylic acids is 3. The van der Waals surface area contributed by atoms with Gasteiger partial charge in [-0.05, 0) is 74.2 Å². The summed E-state index contributed by atoms with van der Waals surface area (Å²) in [6.45, 7) is 5.23. The minimum Gasteiger partial charge on any atom is -0.469 e. The number of hydrogen-bond donors (Lipinski definition) is 1. The standard InChI is InChI=1S/C27H30N4O4/c1-18-24(13-14-26(33)35-3)19(2)31(29-18)23-11-9-21(10-12-23)27(34)28-22-7-4-6-20(16-22)17-30-15-5-8-25(30)32/h4,6-7,9-12,16H,5,8,13-15,17H2,1-3H3,(H,28,34). The Morgan fingerprint density at radius 2 is 1.89 bits per heavy atom. The van der Waals surface area contributed by atoms with Gasteiger partial charge in [-0.2, -0.15) is 5.10 Å². The highest BCUT2D eigenvalue weighted by Gasteiger charge is 2.20. The molecule has 1 aliphatic rings. The third-order valence-corrected chi connectivity index (χ3v) is 6.35. The maximum absolute atomic E-state index is 12.8. The molecule has 182 valence electrons. The quantitative estimate of drug-likeness (QED) is 0.499. The molecule has 0 aliphatic carbocycles. The van der Waals surface area contributed by atoms with E-state index in [0.29, 0.717) is 37.1 Å². The molecular formula is C27H30N4O4. The highest BCUT2D eigenvalue weighted by atomic mass is 16.5. The Balaban J connectivity index is 1.43. The zero-order chi connectivity index (χ0) is 24.9. The van der Waals surface area contributed by atoms with E-state index in [1.807, 2.05) is 59.8 Å². The monoisotopic (exact) mass is 474 g/mol. The van der Waals surface area contributed by atoms with Crippen molar-refractivity contribution in [1.82, 2.24) is 14.7 Å². The molecule has 1 N–H and O–H groups in total. The van der Waals surface area contributed by atoms with E-state index in [1.54, 1.807) is 12.1 Å². The Morgan fingerprint density at radius 1 is 1.11 bits per heavy atom. The Hall–Kier alpha value is -3.94. The van der Waals surface area contributed by atoms with E-state index in [9.17, 15) is 14.4 Å². The van der Waals surface area contributed by atoms with Gasteiger partial charge in [0, 0.05) is 42.9 Å². The normalized spacial score (nSPS) is 13.2. The summed E-state index contributed by atoms with van der Waals surface area (Å²) >= 11 is 0. The molecule has 1 saturated heterocycles. The Morgan fingerprint density at radius 3 is 2.57 bits per heavy atom. The largest absolute Gasteiger partial charge is 0.469 e. The molecule has 0 bridgehead atoms. The summed E-state index contributed by atoms with van der Waals surface area (Å²) in [4.78, 5) is 38.1. The lowest BCUT2D eigenvalue weighted by atomic mass is 10.1. The zero-order valence-corrected chi connectivity index (χ0v) is 20.3. The summed E-state index contributed by atoms with van der Waals surface area (Å²) < 4.78 is 6.57. The van der Waals surface area contributed by atoms with E-state index in [0.717, 1.165) is 41.2 Å². The molecule has 1 fully saturated rings. The summed E-state index contributed by atoms with van der Waals surface area (Å²) in [7, 11) is 1.39. The van der Waals surface area contributed by atoms with Gasteiger partial charge in [-0.1, -0.05) is 12.1 Å². The van der Waals surface area contributed by atoms with Crippen molar-refractivity contribution in [1.29, 1.82) is 0 Å². The van der Waals surface area contributed by atoms with Gasteiger partial charge < -0.3 is 15.0 Å². The third kappa shape index (κ3) is 5.59. The smallest absolute Gasteiger partial charge is 0.305 e. The molecule has 2 aromatic carbocycles. The van der Waals surface area contributed by atoms with Gasteiger partial charge in [0.15, 0.2) is 0 Å². The van der Waals surface area contributed by atoms with Crippen LogP contribution in [0, 0.1) is 13.8 Å². The number of amides is 2. The Kier molecular flexibility index (Phi) is 7.29. The number of likely N-dealkylation sites (tertiary alicyclic amines) is 1. The maximum Gasteiger partial charge on any atom is 0.305 e. The first kappa shape index (κ1) is 24.2. The number of carbonyl (C=O) groups is 3. The molecule has 0 unspecified atom stereocenters. The second kappa shape index (κ2) is 10.5. The predicted molar refractivity (Wildman–Crippen MR) is 132 cm³/mol. The van der Waals surface area contributed by atoms with Crippen molar-refractivity contribution in [3.63, 3.8) is 0 Å². The van der Waals surface area contributed by atoms with Crippen LogP contribution < -0.4 is 5.32 Å². The highest BCUT2D eigenvalue weighted by Crippen LogP contribution is 2.21. The third-order valence-electron chi connectivity index (χ3n) is 6.35. The first-order chi connectivity index (χ1) is 16.9. The molecule has 4 rings (SSSR count). The van der Waals surface area contributed by atoms with Crippen LogP contribution in [0.1, 0.15) is 52.1 Å². The van der Waals surface area contributed by atoms with E-state index < -0.39 is 0 Å². The first-order valence-corrected chi connectivity index (χ1v) is 11.8. The van der Waals surface area contributed by atoms with Crippen LogP contribution in [-0.4, -0.2) is 46.1 Å². The number of ether oxygens (including phenoxy) is 1. The van der Waals surface area contributed by atoms with Crippen LogP contribution in [0.3, 0.4) is 0 Å². The van der Waals surface area contributed by atoms with Crippen LogP contribution in [0.15, 0.2) is 48.5 Å². The summed E-state index contributed by atoms with van der Waals surface area (Å²) in [5.74, 6) is -0.280. The van der Waals surface area contributed by atoms with Crippen molar-refractivity contribution in [2.75, 3.05) is 19.0 Å². The van der Waals surface area contributed by atoms with Gasteiger partial charge in [-0.25, -0.2) is 4.68 Å². The average Bonchev–Trinajstić information content (AvgIpc) is 3.39. The van der Waals surface area contributed by atoms with Crippen molar-refractivity contribution in [3.8, 4) is 5.69 Å². The number of anilines is 1. The fourth-order valence-electron chi connectivity index (χ4n) is 4.41. The van der Waals surface area contributed by atoms with E-state index in [1.165, 1.54) is 7.11 Å². The number of nitrogens with zero attached hydrogens (tertiary/aromatic N) is 3. The number of aryl methyl sites for hydroxylation is 1. The van der Waals surface area contributed by atoms with Crippen molar-refractivity contribution in [3.05, 3.63) is 76.6 Å². The molecule has 8 nitrogen and oxygen atoms in total. The van der Waals surface area contributed by atoms with Crippen LogP contribution in [0.25, 0.3) is 5.69 Å². The number of hydrogen-bond acceptors (Lipinski definition) is 5. The van der Waals surface area contributed by atoms with Crippen LogP contribution in [0.2, 0.25) is 0 Å². The fourth-order valence-corrected chi connectivity index (χ4v) is 4.41. The molecule has 0 spiro atoms. The van der Waals surface area contributed by atoms with Crippen LogP contribution >= 0.6 is 0 Å². The zero-order valence-electron chi connectivity index (χ0n) is 20.3. The maximum atomic E-state index is 12.8. The number of methoxy groups -OCH3 is 1. The second-order valence-electron chi connectivity index (χ2n) is 8.76. The van der Waals surface area contributed by atoms with E-state index in [2.05, 4.69) is 10.4 Å². The van der Waals surface area contributed by atoms with Crippen molar-refractivity contribution < 1.29 is 19.1 Å². The lowest BCUT2D eigenvalue weighted by Gasteiger charge is -2.16. The number of aromatic nitrogens is 2. The van der Waals surface area contributed by atoms with Gasteiger partial charge in [-0.15, -0.1) is 0 Å². The molecule has 1 aromatic heterocycles. The SMILES string of the molecule is COC(=O)CCc1c(C)nn(-c2ccc(C(=O)Nc3cccc(CN4CCCC4=O)c3)cc2)c1C. The summed E-state index contributed by atoms with van der Waals surface area (Å²) in [5, 5.41) is 7.56. The van der Waals surface area contributed by atoms with Gasteiger partial charge in [0.25, 0.3) is 5.91 Å². The Labute approximate surface area is 204 Å². The number of esters is 1. The molecule has 35 heavy (non-hydrogen) atoms. The molecule has 0 atom stereocenters. The number of rotatable bonds is 8. The summed E-state index contributed by atoms with van der Waals surface area (Å²) in [6.07, 6.45) is 2.38. The highest BCUT2D eigenvalue weighted by molar-refractivity contribution is 6.04. The molecule has 0 radical (unpaired) electrons. The number of nitrogens with one attached hydrogen (secondary N) is 1. The Bertz CT molecular complexity index is 1250. The van der Waals surface area contributed by atoms with Crippen molar-refractivity contribution >= 4 is 23.5 Å². The molecule has 2 amide bonds. The van der Waals surface area contributed by atoms with Gasteiger partial charge in [0.2, 0.25) is 5.91 Å².